The summed E-state index contributed by atoms with van der Waals surface area (Å²) in [5, 5.41) is 2.13. The third kappa shape index (κ3) is 2.50. The summed E-state index contributed by atoms with van der Waals surface area (Å²) < 4.78 is 0.392. The topological polar surface area (TPSA) is 79.4 Å². The van der Waals surface area contributed by atoms with Crippen LogP contribution in [0.3, 0.4) is 0 Å². The summed E-state index contributed by atoms with van der Waals surface area (Å²) in [6.07, 6.45) is 1.54. The molecule has 0 atom stereocenters. The highest BCUT2D eigenvalue weighted by molar-refractivity contribution is 9.10. The molecule has 6 nitrogen and oxygen atoms in total. The highest BCUT2D eigenvalue weighted by Crippen LogP contribution is 2.15. The Morgan fingerprint density at radius 2 is 2.00 bits per heavy atom. The maximum atomic E-state index is 12.0. The highest BCUT2D eigenvalue weighted by atomic mass is 79.9. The van der Waals surface area contributed by atoms with E-state index in [9.17, 15) is 14.4 Å². The minimum absolute atomic E-state index is 0.119. The molecule has 2 rings (SSSR count). The van der Waals surface area contributed by atoms with Crippen molar-refractivity contribution in [1.82, 2.24) is 15.2 Å². The first kappa shape index (κ1) is 11.7. The Morgan fingerprint density at radius 1 is 1.35 bits per heavy atom. The zero-order valence-corrected chi connectivity index (χ0v) is 10.2. The SMILES string of the molecule is O=C1CN(C(=O)c2cccnc2Br)CC(=O)N1. The Balaban J connectivity index is 2.23. The molecule has 2 heterocycles. The molecule has 1 fully saturated rings. The number of aromatic nitrogens is 1. The molecule has 0 radical (unpaired) electrons. The first-order valence-corrected chi connectivity index (χ1v) is 5.59. The van der Waals surface area contributed by atoms with Gasteiger partial charge in [0.1, 0.15) is 17.7 Å². The highest BCUT2D eigenvalue weighted by Gasteiger charge is 2.28. The standard InChI is InChI=1S/C10H8BrN3O3/c11-9-6(2-1-3-12-9)10(17)14-4-7(15)13-8(16)5-14/h1-3H,4-5H2,(H,13,15,16). The second-order valence-corrected chi connectivity index (χ2v) is 4.23. The minimum Gasteiger partial charge on any atom is -0.320 e. The van der Waals surface area contributed by atoms with Gasteiger partial charge in [0.2, 0.25) is 11.8 Å². The summed E-state index contributed by atoms with van der Waals surface area (Å²) in [6.45, 7) is -0.238. The van der Waals surface area contributed by atoms with E-state index in [2.05, 4.69) is 26.2 Å². The largest absolute Gasteiger partial charge is 0.320 e. The molecule has 3 amide bonds. The van der Waals surface area contributed by atoms with Crippen molar-refractivity contribution < 1.29 is 14.4 Å². The van der Waals surface area contributed by atoms with Crippen molar-refractivity contribution in [3.05, 3.63) is 28.5 Å². The molecule has 0 aromatic carbocycles. The molecule has 7 heteroatoms. The lowest BCUT2D eigenvalue weighted by atomic mass is 10.2. The third-order valence-electron chi connectivity index (χ3n) is 2.22. The molecule has 0 spiro atoms. The Bertz CT molecular complexity index is 487. The maximum absolute atomic E-state index is 12.0. The monoisotopic (exact) mass is 297 g/mol. The van der Waals surface area contributed by atoms with Crippen LogP contribution in [0.1, 0.15) is 10.4 Å². The molecule has 17 heavy (non-hydrogen) atoms. The van der Waals surface area contributed by atoms with Gasteiger partial charge in [-0.1, -0.05) is 0 Å². The number of halogens is 1. The van der Waals surface area contributed by atoms with Gasteiger partial charge in [0, 0.05) is 6.20 Å². The number of carbonyl (C=O) groups is 3. The number of rotatable bonds is 1. The molecule has 1 aromatic rings. The predicted molar refractivity (Wildman–Crippen MR) is 61.0 cm³/mol. The molecular formula is C10H8BrN3O3. The van der Waals surface area contributed by atoms with Crippen LogP contribution < -0.4 is 5.32 Å². The van der Waals surface area contributed by atoms with Gasteiger partial charge in [-0.2, -0.15) is 0 Å². The van der Waals surface area contributed by atoms with Crippen molar-refractivity contribution in [2.75, 3.05) is 13.1 Å². The number of carbonyl (C=O) groups excluding carboxylic acids is 3. The lowest BCUT2D eigenvalue weighted by Gasteiger charge is -2.25. The fraction of sp³-hybridized carbons (Fsp3) is 0.200. The van der Waals surface area contributed by atoms with Gasteiger partial charge in [-0.15, -0.1) is 0 Å². The average Bonchev–Trinajstić information content (AvgIpc) is 2.27. The van der Waals surface area contributed by atoms with Gasteiger partial charge in [0.05, 0.1) is 5.56 Å². The van der Waals surface area contributed by atoms with Crippen molar-refractivity contribution in [2.45, 2.75) is 0 Å². The molecule has 1 aliphatic rings. The number of hydrogen-bond acceptors (Lipinski definition) is 4. The van der Waals surface area contributed by atoms with Crippen molar-refractivity contribution >= 4 is 33.7 Å². The molecular weight excluding hydrogens is 290 g/mol. The Hall–Kier alpha value is -1.76. The summed E-state index contributed by atoms with van der Waals surface area (Å²) in [6, 6.07) is 3.19. The van der Waals surface area contributed by atoms with E-state index in [0.717, 1.165) is 0 Å². The Labute approximate surface area is 105 Å². The van der Waals surface area contributed by atoms with Crippen molar-refractivity contribution in [3.63, 3.8) is 0 Å². The predicted octanol–water partition coefficient (Wildman–Crippen LogP) is -0.0573. The van der Waals surface area contributed by atoms with E-state index in [1.54, 1.807) is 12.1 Å². The van der Waals surface area contributed by atoms with Gasteiger partial charge in [0.15, 0.2) is 0 Å². The summed E-state index contributed by atoms with van der Waals surface area (Å²) in [5.41, 5.74) is 0.329. The Kier molecular flexibility index (Phi) is 3.19. The zero-order chi connectivity index (χ0) is 12.4. The van der Waals surface area contributed by atoms with Crippen LogP contribution in [0.5, 0.6) is 0 Å². The minimum atomic E-state index is -0.477. The fourth-order valence-corrected chi connectivity index (χ4v) is 1.92. The van der Waals surface area contributed by atoms with Crippen LogP contribution >= 0.6 is 15.9 Å². The number of nitrogens with zero attached hydrogens (tertiary/aromatic N) is 2. The van der Waals surface area contributed by atoms with Crippen molar-refractivity contribution in [1.29, 1.82) is 0 Å². The lowest BCUT2D eigenvalue weighted by molar-refractivity contribution is -0.135. The zero-order valence-electron chi connectivity index (χ0n) is 8.64. The second-order valence-electron chi connectivity index (χ2n) is 3.47. The van der Waals surface area contributed by atoms with Crippen molar-refractivity contribution in [2.24, 2.45) is 0 Å². The summed E-state index contributed by atoms with van der Waals surface area (Å²) in [7, 11) is 0. The van der Waals surface area contributed by atoms with E-state index in [-0.39, 0.29) is 13.1 Å². The van der Waals surface area contributed by atoms with Gasteiger partial charge in [-0.3, -0.25) is 19.7 Å². The van der Waals surface area contributed by atoms with Gasteiger partial charge in [0.25, 0.3) is 5.91 Å². The average molecular weight is 298 g/mol. The molecule has 0 saturated carbocycles. The smallest absolute Gasteiger partial charge is 0.257 e. The molecule has 0 bridgehead atoms. The summed E-state index contributed by atoms with van der Waals surface area (Å²) in [4.78, 5) is 39.4. The quantitative estimate of drug-likeness (QED) is 0.582. The summed E-state index contributed by atoms with van der Waals surface area (Å²) in [5.74, 6) is -1.35. The van der Waals surface area contributed by atoms with E-state index in [0.29, 0.717) is 10.2 Å². The van der Waals surface area contributed by atoms with Gasteiger partial charge < -0.3 is 4.90 Å². The van der Waals surface area contributed by atoms with Crippen LogP contribution in [0.4, 0.5) is 0 Å². The van der Waals surface area contributed by atoms with Crippen molar-refractivity contribution in [3.8, 4) is 0 Å². The van der Waals surface area contributed by atoms with Gasteiger partial charge in [-0.25, -0.2) is 4.98 Å². The molecule has 1 N–H and O–H groups in total. The van der Waals surface area contributed by atoms with Crippen LogP contribution in [0.25, 0.3) is 0 Å². The number of hydrogen-bond donors (Lipinski definition) is 1. The van der Waals surface area contributed by atoms with E-state index in [1.165, 1.54) is 11.1 Å². The van der Waals surface area contributed by atoms with Gasteiger partial charge in [-0.05, 0) is 28.1 Å². The number of piperazine rings is 1. The second kappa shape index (κ2) is 4.62. The molecule has 0 aliphatic carbocycles. The number of nitrogens with one attached hydrogen (secondary N) is 1. The summed E-state index contributed by atoms with van der Waals surface area (Å²) >= 11 is 3.15. The molecule has 1 saturated heterocycles. The normalized spacial score (nSPS) is 15.7. The van der Waals surface area contributed by atoms with Crippen LogP contribution in [0.2, 0.25) is 0 Å². The maximum Gasteiger partial charge on any atom is 0.257 e. The van der Waals surface area contributed by atoms with E-state index >= 15 is 0 Å². The van der Waals surface area contributed by atoms with Crippen LogP contribution in [0, 0.1) is 0 Å². The molecule has 88 valence electrons. The van der Waals surface area contributed by atoms with Gasteiger partial charge >= 0.3 is 0 Å². The van der Waals surface area contributed by atoms with E-state index in [1.807, 2.05) is 0 Å². The fourth-order valence-electron chi connectivity index (χ4n) is 1.50. The molecule has 1 aromatic heterocycles. The molecule has 0 unspecified atom stereocenters. The van der Waals surface area contributed by atoms with Crippen LogP contribution in [-0.4, -0.2) is 40.7 Å². The Morgan fingerprint density at radius 3 is 2.59 bits per heavy atom. The number of imide groups is 1. The van der Waals surface area contributed by atoms with Crippen LogP contribution in [0.15, 0.2) is 22.9 Å². The van der Waals surface area contributed by atoms with Crippen LogP contribution in [-0.2, 0) is 9.59 Å². The number of pyridine rings is 1. The van der Waals surface area contributed by atoms with E-state index < -0.39 is 17.7 Å². The first-order valence-electron chi connectivity index (χ1n) is 4.80. The molecule has 1 aliphatic heterocycles. The first-order chi connectivity index (χ1) is 8.08. The number of amides is 3. The lowest BCUT2D eigenvalue weighted by Crippen LogP contribution is -2.53. The third-order valence-corrected chi connectivity index (χ3v) is 2.86. The van der Waals surface area contributed by atoms with E-state index in [4.69, 9.17) is 0 Å².